The van der Waals surface area contributed by atoms with Crippen molar-refractivity contribution in [2.75, 3.05) is 6.61 Å². The molecule has 0 aromatic rings. The Hall–Kier alpha value is -0.160. The fourth-order valence-electron chi connectivity index (χ4n) is 1.43. The topological polar surface area (TPSA) is 80.9 Å². The largest absolute Gasteiger partial charge is 0.396 e. The summed E-state index contributed by atoms with van der Waals surface area (Å²) in [4.78, 5) is 0. The van der Waals surface area contributed by atoms with Crippen LogP contribution >= 0.6 is 0 Å². The van der Waals surface area contributed by atoms with Crippen LogP contribution in [-0.2, 0) is 0 Å². The van der Waals surface area contributed by atoms with E-state index in [2.05, 4.69) is 0 Å². The van der Waals surface area contributed by atoms with E-state index in [4.69, 9.17) is 15.3 Å². The second-order valence-electron chi connectivity index (χ2n) is 3.07. The van der Waals surface area contributed by atoms with Gasteiger partial charge in [-0.05, 0) is 12.8 Å². The molecule has 1 aliphatic carbocycles. The van der Waals surface area contributed by atoms with Crippen molar-refractivity contribution in [2.24, 2.45) is 5.92 Å². The van der Waals surface area contributed by atoms with Gasteiger partial charge in [0.2, 0.25) is 0 Å². The lowest BCUT2D eigenvalue weighted by molar-refractivity contribution is -0.118. The molecule has 0 amide bonds. The number of hydrogen-bond acceptors (Lipinski definition) is 4. The Bertz CT molecular complexity index is 126. The van der Waals surface area contributed by atoms with Gasteiger partial charge in [-0.25, -0.2) is 0 Å². The predicted molar refractivity (Wildman–Crippen MR) is 37.8 cm³/mol. The van der Waals surface area contributed by atoms with Crippen molar-refractivity contribution in [3.05, 3.63) is 0 Å². The van der Waals surface area contributed by atoms with Gasteiger partial charge in [0.25, 0.3) is 0 Å². The summed E-state index contributed by atoms with van der Waals surface area (Å²) in [6.07, 6.45) is -1.91. The van der Waals surface area contributed by atoms with E-state index in [9.17, 15) is 5.11 Å². The fourth-order valence-corrected chi connectivity index (χ4v) is 1.43. The molecule has 4 nitrogen and oxygen atoms in total. The Morgan fingerprint density at radius 1 is 1.00 bits per heavy atom. The molecule has 66 valence electrons. The summed E-state index contributed by atoms with van der Waals surface area (Å²) in [5.74, 6) is -0.284. The molecule has 4 heteroatoms. The lowest BCUT2D eigenvalue weighted by atomic mass is 9.83. The van der Waals surface area contributed by atoms with Crippen molar-refractivity contribution in [3.63, 3.8) is 0 Å². The van der Waals surface area contributed by atoms with Crippen molar-refractivity contribution < 1.29 is 20.4 Å². The molecule has 0 radical (unpaired) electrons. The van der Waals surface area contributed by atoms with Crippen LogP contribution in [0.4, 0.5) is 0 Å². The summed E-state index contributed by atoms with van der Waals surface area (Å²) in [6, 6.07) is 0. The average molecular weight is 162 g/mol. The molecule has 0 spiro atoms. The Kier molecular flexibility index (Phi) is 2.84. The summed E-state index contributed by atoms with van der Waals surface area (Å²) in [5, 5.41) is 36.2. The van der Waals surface area contributed by atoms with Crippen LogP contribution in [0.25, 0.3) is 0 Å². The maximum atomic E-state index is 9.24. The zero-order valence-electron chi connectivity index (χ0n) is 6.22. The highest BCUT2D eigenvalue weighted by Crippen LogP contribution is 2.24. The summed E-state index contributed by atoms with van der Waals surface area (Å²) in [6.45, 7) is -0.134. The Labute approximate surface area is 65.1 Å². The number of rotatable bonds is 1. The van der Waals surface area contributed by atoms with Crippen LogP contribution in [0, 0.1) is 5.92 Å². The van der Waals surface area contributed by atoms with Crippen LogP contribution in [0.3, 0.4) is 0 Å². The highest BCUT2D eigenvalue weighted by Gasteiger charge is 2.35. The minimum absolute atomic E-state index is 0.134. The van der Waals surface area contributed by atoms with Gasteiger partial charge in [-0.3, -0.25) is 0 Å². The predicted octanol–water partition coefficient (Wildman–Crippen LogP) is -1.53. The molecule has 4 N–H and O–H groups in total. The van der Waals surface area contributed by atoms with E-state index in [1.54, 1.807) is 0 Å². The molecule has 1 aliphatic rings. The van der Waals surface area contributed by atoms with E-state index < -0.39 is 18.3 Å². The third kappa shape index (κ3) is 1.70. The van der Waals surface area contributed by atoms with Gasteiger partial charge in [-0.1, -0.05) is 0 Å². The number of hydrogen-bond donors (Lipinski definition) is 4. The first-order valence-electron chi connectivity index (χ1n) is 3.82. The van der Waals surface area contributed by atoms with E-state index >= 15 is 0 Å². The van der Waals surface area contributed by atoms with Gasteiger partial charge in [-0.15, -0.1) is 0 Å². The molecule has 4 atom stereocenters. The number of aliphatic hydroxyl groups is 4. The minimum Gasteiger partial charge on any atom is -0.396 e. The van der Waals surface area contributed by atoms with Gasteiger partial charge >= 0.3 is 0 Å². The molecule has 0 bridgehead atoms. The SMILES string of the molecule is OCC1CCC(O)[C@H](O)[C@@H]1O. The monoisotopic (exact) mass is 162 g/mol. The number of aliphatic hydroxyl groups excluding tert-OH is 4. The molecule has 0 aromatic carbocycles. The fraction of sp³-hybridized carbons (Fsp3) is 1.00. The van der Waals surface area contributed by atoms with Crippen molar-refractivity contribution in [1.82, 2.24) is 0 Å². The molecular weight excluding hydrogens is 148 g/mol. The van der Waals surface area contributed by atoms with Gasteiger partial charge < -0.3 is 20.4 Å². The molecule has 0 saturated heterocycles. The second kappa shape index (κ2) is 3.49. The van der Waals surface area contributed by atoms with Crippen LogP contribution < -0.4 is 0 Å². The Balaban J connectivity index is 2.52. The van der Waals surface area contributed by atoms with Gasteiger partial charge in [-0.2, -0.15) is 0 Å². The molecule has 1 fully saturated rings. The van der Waals surface area contributed by atoms with Crippen LogP contribution in [0.5, 0.6) is 0 Å². The molecule has 0 heterocycles. The molecular formula is C7H14O4. The molecule has 0 aromatic heterocycles. The Morgan fingerprint density at radius 3 is 2.18 bits per heavy atom. The maximum absolute atomic E-state index is 9.24. The minimum atomic E-state index is -1.10. The molecule has 1 saturated carbocycles. The Morgan fingerprint density at radius 2 is 1.64 bits per heavy atom. The average Bonchev–Trinajstić information content (AvgIpc) is 2.01. The summed E-state index contributed by atoms with van der Waals surface area (Å²) in [5.41, 5.74) is 0. The second-order valence-corrected chi connectivity index (χ2v) is 3.07. The summed E-state index contributed by atoms with van der Waals surface area (Å²) >= 11 is 0. The maximum Gasteiger partial charge on any atom is 0.106 e. The zero-order valence-corrected chi connectivity index (χ0v) is 6.22. The quantitative estimate of drug-likeness (QED) is 0.377. The van der Waals surface area contributed by atoms with Crippen molar-refractivity contribution >= 4 is 0 Å². The molecule has 0 aliphatic heterocycles. The smallest absolute Gasteiger partial charge is 0.106 e. The zero-order chi connectivity index (χ0) is 8.43. The lowest BCUT2D eigenvalue weighted by Gasteiger charge is -2.33. The van der Waals surface area contributed by atoms with Crippen molar-refractivity contribution in [3.8, 4) is 0 Å². The van der Waals surface area contributed by atoms with E-state index in [-0.39, 0.29) is 12.5 Å². The first-order valence-corrected chi connectivity index (χ1v) is 3.82. The summed E-state index contributed by atoms with van der Waals surface area (Å²) in [7, 11) is 0. The molecule has 11 heavy (non-hydrogen) atoms. The van der Waals surface area contributed by atoms with E-state index in [0.29, 0.717) is 12.8 Å². The van der Waals surface area contributed by atoms with Gasteiger partial charge in [0.05, 0.1) is 12.2 Å². The van der Waals surface area contributed by atoms with Crippen LogP contribution in [0.15, 0.2) is 0 Å². The third-order valence-electron chi connectivity index (χ3n) is 2.29. The van der Waals surface area contributed by atoms with Crippen LogP contribution in [0.2, 0.25) is 0 Å². The third-order valence-corrected chi connectivity index (χ3v) is 2.29. The van der Waals surface area contributed by atoms with Gasteiger partial charge in [0.1, 0.15) is 6.10 Å². The first-order chi connectivity index (χ1) is 5.16. The van der Waals surface area contributed by atoms with Gasteiger partial charge in [0.15, 0.2) is 0 Å². The lowest BCUT2D eigenvalue weighted by Crippen LogP contribution is -2.47. The van der Waals surface area contributed by atoms with Crippen molar-refractivity contribution in [2.45, 2.75) is 31.2 Å². The van der Waals surface area contributed by atoms with Crippen molar-refractivity contribution in [1.29, 1.82) is 0 Å². The standard InChI is InChI=1S/C7H14O4/c8-3-4-1-2-5(9)7(11)6(4)10/h4-11H,1-3H2/t4?,5?,6-,7+/m1/s1. The molecule has 2 unspecified atom stereocenters. The highest BCUT2D eigenvalue weighted by molar-refractivity contribution is 4.86. The van der Waals surface area contributed by atoms with E-state index in [1.165, 1.54) is 0 Å². The molecule has 1 rings (SSSR count). The van der Waals surface area contributed by atoms with Gasteiger partial charge in [0, 0.05) is 12.5 Å². The van der Waals surface area contributed by atoms with E-state index in [1.807, 2.05) is 0 Å². The summed E-state index contributed by atoms with van der Waals surface area (Å²) < 4.78 is 0. The highest BCUT2D eigenvalue weighted by atomic mass is 16.4. The van der Waals surface area contributed by atoms with Crippen LogP contribution in [0.1, 0.15) is 12.8 Å². The van der Waals surface area contributed by atoms with E-state index in [0.717, 1.165) is 0 Å². The normalized spacial score (nSPS) is 45.8. The first kappa shape index (κ1) is 8.93. The van der Waals surface area contributed by atoms with Crippen LogP contribution in [-0.4, -0.2) is 45.3 Å².